The number of hydrogen-bond acceptors (Lipinski definition) is 6. The van der Waals surface area contributed by atoms with Crippen molar-refractivity contribution in [1.82, 2.24) is 15.8 Å². The van der Waals surface area contributed by atoms with E-state index in [-0.39, 0.29) is 5.92 Å². The van der Waals surface area contributed by atoms with E-state index in [0.717, 1.165) is 65.2 Å². The molecule has 2 aliphatic rings. The largest absolute Gasteiger partial charge is 0.433 e. The van der Waals surface area contributed by atoms with Crippen LogP contribution in [0.3, 0.4) is 0 Å². The van der Waals surface area contributed by atoms with Gasteiger partial charge in [-0.2, -0.15) is 0 Å². The molecule has 0 radical (unpaired) electrons. The van der Waals surface area contributed by atoms with E-state index in [2.05, 4.69) is 29.1 Å². The lowest BCUT2D eigenvalue weighted by molar-refractivity contribution is 0.0786. The van der Waals surface area contributed by atoms with Crippen LogP contribution in [0, 0.1) is 0 Å². The van der Waals surface area contributed by atoms with Gasteiger partial charge in [-0.25, -0.2) is 10.4 Å². The van der Waals surface area contributed by atoms with Crippen molar-refractivity contribution in [3.8, 4) is 0 Å². The van der Waals surface area contributed by atoms with E-state index < -0.39 is 0 Å². The van der Waals surface area contributed by atoms with E-state index in [1.807, 2.05) is 30.3 Å². The van der Waals surface area contributed by atoms with Gasteiger partial charge in [0.2, 0.25) is 0 Å². The van der Waals surface area contributed by atoms with Crippen molar-refractivity contribution < 1.29 is 9.15 Å². The predicted molar refractivity (Wildman–Crippen MR) is 129 cm³/mol. The summed E-state index contributed by atoms with van der Waals surface area (Å²) in [5, 5.41) is 1.50. The third-order valence-electron chi connectivity index (χ3n) is 5.10. The number of thiocarbonyl (C=S) groups is 1. The molecule has 0 saturated carbocycles. The number of halogens is 1. The fourth-order valence-electron chi connectivity index (χ4n) is 3.46. The van der Waals surface area contributed by atoms with Gasteiger partial charge in [-0.15, -0.1) is 0 Å². The van der Waals surface area contributed by atoms with Crippen LogP contribution >= 0.6 is 35.6 Å². The number of nitrogens with one attached hydrogen (secondary N) is 2. The van der Waals surface area contributed by atoms with E-state index >= 15 is 0 Å². The van der Waals surface area contributed by atoms with Crippen molar-refractivity contribution >= 4 is 46.1 Å². The van der Waals surface area contributed by atoms with Crippen LogP contribution in [-0.2, 0) is 4.74 Å². The zero-order chi connectivity index (χ0) is 21.6. The van der Waals surface area contributed by atoms with E-state index in [1.165, 1.54) is 0 Å². The topological polar surface area (TPSA) is 59.3 Å². The van der Waals surface area contributed by atoms with Crippen molar-refractivity contribution in [3.63, 3.8) is 0 Å². The molecule has 0 spiro atoms. The quantitative estimate of drug-likeness (QED) is 0.412. The summed E-state index contributed by atoms with van der Waals surface area (Å²) in [7, 11) is 1.80. The Bertz CT molecular complexity index is 1020. The van der Waals surface area contributed by atoms with Gasteiger partial charge in [-0.3, -0.25) is 0 Å². The molecule has 0 unspecified atom stereocenters. The minimum Gasteiger partial charge on any atom is -0.433 e. The third-order valence-corrected chi connectivity index (χ3v) is 6.66. The lowest BCUT2D eigenvalue weighted by Gasteiger charge is -2.18. The standard InChI is InChI=1S/C23H24ClN3O2S2/c1-25-27-22(30)17-4-2-3-15(5-6-17)20-23(31-19-9-7-18(24)8-10-19)29-21(26-20)16-11-13-28-14-12-16/h3-10,16,25H,2,11-14H2,1H3,(H,27,30). The molecule has 2 aromatic rings. The summed E-state index contributed by atoms with van der Waals surface area (Å²) in [6, 6.07) is 7.75. The Kier molecular flexibility index (Phi) is 7.63. The molecule has 5 nitrogen and oxygen atoms in total. The smallest absolute Gasteiger partial charge is 0.199 e. The Hall–Kier alpha value is -1.90. The number of allylic oxidation sites excluding steroid dienone is 4. The summed E-state index contributed by atoms with van der Waals surface area (Å²) in [5.41, 5.74) is 8.70. The van der Waals surface area contributed by atoms with Gasteiger partial charge < -0.3 is 14.6 Å². The maximum Gasteiger partial charge on any atom is 0.199 e. The summed E-state index contributed by atoms with van der Waals surface area (Å²) in [5.74, 6) is 1.07. The Morgan fingerprint density at radius 3 is 2.68 bits per heavy atom. The van der Waals surface area contributed by atoms with Gasteiger partial charge in [-0.1, -0.05) is 48.1 Å². The van der Waals surface area contributed by atoms with Gasteiger partial charge in [0.1, 0.15) is 10.7 Å². The number of ether oxygens (including phenoxy) is 1. The lowest BCUT2D eigenvalue weighted by atomic mass is 10.0. The summed E-state index contributed by atoms with van der Waals surface area (Å²) in [4.78, 5) is 6.66. The molecule has 1 aromatic carbocycles. The van der Waals surface area contributed by atoms with Gasteiger partial charge in [0.25, 0.3) is 0 Å². The average molecular weight is 474 g/mol. The summed E-state index contributed by atoms with van der Waals surface area (Å²) in [6.45, 7) is 1.49. The number of oxazole rings is 1. The predicted octanol–water partition coefficient (Wildman–Crippen LogP) is 5.69. The highest BCUT2D eigenvalue weighted by molar-refractivity contribution is 7.99. The summed E-state index contributed by atoms with van der Waals surface area (Å²) >= 11 is 13.0. The number of benzene rings is 1. The molecule has 0 bridgehead atoms. The molecule has 0 atom stereocenters. The first-order valence-corrected chi connectivity index (χ1v) is 11.8. The molecular formula is C23H24ClN3O2S2. The van der Waals surface area contributed by atoms with E-state index in [4.69, 9.17) is 38.0 Å². The number of hydrogen-bond donors (Lipinski definition) is 2. The Morgan fingerprint density at radius 2 is 1.94 bits per heavy atom. The summed E-state index contributed by atoms with van der Waals surface area (Å²) < 4.78 is 11.8. The van der Waals surface area contributed by atoms with Crippen molar-refractivity contribution in [3.05, 3.63) is 70.7 Å². The van der Waals surface area contributed by atoms with Gasteiger partial charge in [0, 0.05) is 47.2 Å². The Labute approximate surface area is 196 Å². The second-order valence-electron chi connectivity index (χ2n) is 7.22. The molecule has 2 heterocycles. The zero-order valence-corrected chi connectivity index (χ0v) is 19.6. The SMILES string of the molecule is CNNC(=S)C1=CCC=C(c2nc(C3CCOCC3)oc2Sc2ccc(Cl)cc2)C=C1. The highest BCUT2D eigenvalue weighted by atomic mass is 35.5. The molecule has 4 rings (SSSR count). The van der Waals surface area contributed by atoms with Crippen molar-refractivity contribution in [2.24, 2.45) is 0 Å². The second-order valence-corrected chi connectivity index (χ2v) is 9.11. The van der Waals surface area contributed by atoms with Crippen molar-refractivity contribution in [2.45, 2.75) is 35.2 Å². The van der Waals surface area contributed by atoms with Gasteiger partial charge in [0.15, 0.2) is 11.0 Å². The van der Waals surface area contributed by atoms with Crippen LogP contribution in [0.2, 0.25) is 5.02 Å². The van der Waals surface area contributed by atoms with Crippen molar-refractivity contribution in [1.29, 1.82) is 0 Å². The van der Waals surface area contributed by atoms with E-state index in [1.54, 1.807) is 18.8 Å². The molecule has 0 amide bonds. The first-order chi connectivity index (χ1) is 15.1. The van der Waals surface area contributed by atoms with Crippen LogP contribution in [-0.4, -0.2) is 30.2 Å². The first kappa shape index (κ1) is 22.3. The molecule has 8 heteroatoms. The van der Waals surface area contributed by atoms with Crippen LogP contribution in [0.1, 0.15) is 36.8 Å². The number of rotatable bonds is 6. The molecule has 1 aliphatic heterocycles. The van der Waals surface area contributed by atoms with Gasteiger partial charge in [0.05, 0.1) is 0 Å². The van der Waals surface area contributed by atoms with Gasteiger partial charge >= 0.3 is 0 Å². The second kappa shape index (κ2) is 10.6. The molecule has 1 aliphatic carbocycles. The minimum absolute atomic E-state index is 0.281. The first-order valence-electron chi connectivity index (χ1n) is 10.2. The zero-order valence-electron chi connectivity index (χ0n) is 17.2. The van der Waals surface area contributed by atoms with Crippen LogP contribution in [0.25, 0.3) is 5.57 Å². The monoisotopic (exact) mass is 473 g/mol. The molecular weight excluding hydrogens is 450 g/mol. The number of hydrazine groups is 1. The molecule has 1 aromatic heterocycles. The maximum atomic E-state index is 6.32. The fourth-order valence-corrected chi connectivity index (χ4v) is 4.71. The van der Waals surface area contributed by atoms with Crippen molar-refractivity contribution in [2.75, 3.05) is 20.3 Å². The van der Waals surface area contributed by atoms with Gasteiger partial charge in [-0.05, 0) is 55.3 Å². The highest BCUT2D eigenvalue weighted by Gasteiger charge is 2.25. The summed E-state index contributed by atoms with van der Waals surface area (Å²) in [6.07, 6.45) is 10.9. The highest BCUT2D eigenvalue weighted by Crippen LogP contribution is 2.39. The van der Waals surface area contributed by atoms with Crippen LogP contribution in [0.5, 0.6) is 0 Å². The van der Waals surface area contributed by atoms with Crippen LogP contribution in [0.15, 0.2) is 68.5 Å². The average Bonchev–Trinajstić information content (AvgIpc) is 3.04. The number of aromatic nitrogens is 1. The van der Waals surface area contributed by atoms with Crippen LogP contribution in [0.4, 0.5) is 0 Å². The molecule has 1 fully saturated rings. The molecule has 1 saturated heterocycles. The van der Waals surface area contributed by atoms with E-state index in [9.17, 15) is 0 Å². The van der Waals surface area contributed by atoms with E-state index in [0.29, 0.717) is 10.0 Å². The van der Waals surface area contributed by atoms with Crippen LogP contribution < -0.4 is 10.9 Å². The lowest BCUT2D eigenvalue weighted by Crippen LogP contribution is -2.33. The number of nitrogens with zero attached hydrogens (tertiary/aromatic N) is 1. The molecule has 2 N–H and O–H groups in total. The molecule has 31 heavy (non-hydrogen) atoms. The maximum absolute atomic E-state index is 6.32. The Morgan fingerprint density at radius 1 is 1.16 bits per heavy atom. The third kappa shape index (κ3) is 5.67. The normalized spacial score (nSPS) is 17.1. The fraction of sp³-hybridized carbons (Fsp3) is 0.304. The minimum atomic E-state index is 0.281. The molecule has 162 valence electrons. The Balaban J connectivity index is 1.64.